The zero-order valence-corrected chi connectivity index (χ0v) is 19.4. The van der Waals surface area contributed by atoms with Crippen molar-refractivity contribution in [2.45, 2.75) is 53.0 Å². The molecule has 0 fully saturated rings. The van der Waals surface area contributed by atoms with Crippen molar-refractivity contribution < 1.29 is 13.2 Å². The van der Waals surface area contributed by atoms with Crippen LogP contribution in [0.25, 0.3) is 0 Å². The van der Waals surface area contributed by atoms with E-state index in [1.165, 1.54) is 4.31 Å². The summed E-state index contributed by atoms with van der Waals surface area (Å²) in [5.41, 5.74) is 3.82. The molecule has 0 radical (unpaired) electrons. The Morgan fingerprint density at radius 3 is 2.34 bits per heavy atom. The molecule has 0 saturated heterocycles. The normalized spacial score (nSPS) is 12.7. The van der Waals surface area contributed by atoms with Crippen LogP contribution < -0.4 is 9.62 Å². The molecule has 0 spiro atoms. The van der Waals surface area contributed by atoms with E-state index >= 15 is 0 Å². The van der Waals surface area contributed by atoms with Gasteiger partial charge in [0.2, 0.25) is 15.9 Å². The second kappa shape index (κ2) is 9.18. The number of carbonyl (C=O) groups excluding carboxylic acids is 1. The number of sulfonamides is 1. The molecule has 7 heteroatoms. The molecule has 1 amide bonds. The van der Waals surface area contributed by atoms with Gasteiger partial charge in [-0.25, -0.2) is 8.42 Å². The first-order chi connectivity index (χ1) is 13.5. The molecule has 0 aliphatic heterocycles. The number of carbonyl (C=O) groups is 1. The summed E-state index contributed by atoms with van der Waals surface area (Å²) < 4.78 is 26.6. The zero-order valence-electron chi connectivity index (χ0n) is 17.8. The van der Waals surface area contributed by atoms with Gasteiger partial charge in [-0.2, -0.15) is 0 Å². The molecule has 29 heavy (non-hydrogen) atoms. The van der Waals surface area contributed by atoms with Crippen LogP contribution in [0.1, 0.15) is 49.8 Å². The molecule has 1 N–H and O–H groups in total. The average molecular weight is 437 g/mol. The van der Waals surface area contributed by atoms with E-state index in [2.05, 4.69) is 19.2 Å². The Kier molecular flexibility index (Phi) is 7.35. The molecule has 2 aromatic rings. The van der Waals surface area contributed by atoms with Gasteiger partial charge in [0.25, 0.3) is 0 Å². The van der Waals surface area contributed by atoms with Gasteiger partial charge in [0.1, 0.15) is 6.04 Å². The van der Waals surface area contributed by atoms with Crippen LogP contribution in [0.3, 0.4) is 0 Å². The summed E-state index contributed by atoms with van der Waals surface area (Å²) in [6.07, 6.45) is 1.42. The lowest BCUT2D eigenvalue weighted by Gasteiger charge is -2.32. The van der Waals surface area contributed by atoms with Crippen LogP contribution in [-0.2, 0) is 14.8 Å². The fourth-order valence-electron chi connectivity index (χ4n) is 3.40. The average Bonchev–Trinajstić information content (AvgIpc) is 2.62. The van der Waals surface area contributed by atoms with E-state index in [9.17, 15) is 13.2 Å². The quantitative estimate of drug-likeness (QED) is 0.643. The molecule has 158 valence electrons. The fourth-order valence-corrected chi connectivity index (χ4v) is 4.83. The third kappa shape index (κ3) is 5.31. The van der Waals surface area contributed by atoms with Crippen LogP contribution in [0.4, 0.5) is 11.4 Å². The SMILES string of the molecule is CC[C@@H](C(=O)Nc1c(C)cccc1C(C)C)N(c1cc(Cl)ccc1C)S(C)(=O)=O. The van der Waals surface area contributed by atoms with Gasteiger partial charge in [-0.1, -0.05) is 56.6 Å². The maximum absolute atomic E-state index is 13.3. The lowest BCUT2D eigenvalue weighted by atomic mass is 9.98. The Balaban J connectivity index is 2.52. The van der Waals surface area contributed by atoms with E-state index in [1.54, 1.807) is 32.0 Å². The van der Waals surface area contributed by atoms with Crippen molar-refractivity contribution in [3.05, 3.63) is 58.1 Å². The first-order valence-electron chi connectivity index (χ1n) is 9.63. The highest BCUT2D eigenvalue weighted by molar-refractivity contribution is 7.92. The Hall–Kier alpha value is -2.05. The van der Waals surface area contributed by atoms with Gasteiger partial charge >= 0.3 is 0 Å². The van der Waals surface area contributed by atoms with Crippen molar-refractivity contribution in [3.8, 4) is 0 Å². The van der Waals surface area contributed by atoms with Crippen LogP contribution in [0.2, 0.25) is 5.02 Å². The number of para-hydroxylation sites is 1. The van der Waals surface area contributed by atoms with Crippen LogP contribution in [-0.4, -0.2) is 26.6 Å². The first-order valence-corrected chi connectivity index (χ1v) is 11.9. The van der Waals surface area contributed by atoms with Gasteiger partial charge in [0, 0.05) is 10.7 Å². The number of rotatable bonds is 7. The molecule has 5 nitrogen and oxygen atoms in total. The number of benzene rings is 2. The molecule has 0 aromatic heterocycles. The topological polar surface area (TPSA) is 66.5 Å². The van der Waals surface area contributed by atoms with Gasteiger partial charge in [-0.3, -0.25) is 9.10 Å². The Bertz CT molecular complexity index is 1000. The van der Waals surface area contributed by atoms with Gasteiger partial charge < -0.3 is 5.32 Å². The number of hydrogen-bond donors (Lipinski definition) is 1. The number of halogens is 1. The Labute approximate surface area is 179 Å². The van der Waals surface area contributed by atoms with E-state index in [1.807, 2.05) is 25.1 Å². The minimum Gasteiger partial charge on any atom is -0.324 e. The van der Waals surface area contributed by atoms with E-state index in [0.29, 0.717) is 17.1 Å². The minimum atomic E-state index is -3.73. The lowest BCUT2D eigenvalue weighted by Crippen LogP contribution is -2.47. The Morgan fingerprint density at radius 2 is 1.79 bits per heavy atom. The number of nitrogens with one attached hydrogen (secondary N) is 1. The van der Waals surface area contributed by atoms with E-state index < -0.39 is 16.1 Å². The van der Waals surface area contributed by atoms with Gasteiger partial charge in [-0.15, -0.1) is 0 Å². The second-order valence-electron chi connectivity index (χ2n) is 7.60. The molecule has 0 saturated carbocycles. The molecule has 0 bridgehead atoms. The standard InChI is InChI=1S/C22H29ClN2O3S/c1-7-19(22(26)24-21-16(5)9-8-10-18(21)14(2)3)25(29(6,27)28)20-13-17(23)12-11-15(20)4/h8-14,19H,7H2,1-6H3,(H,24,26)/t19-/m0/s1. The lowest BCUT2D eigenvalue weighted by molar-refractivity contribution is -0.117. The molecule has 0 heterocycles. The van der Waals surface area contributed by atoms with Crippen molar-refractivity contribution in [1.82, 2.24) is 0 Å². The molecular formula is C22H29ClN2O3S. The van der Waals surface area contributed by atoms with Gasteiger partial charge in [0.15, 0.2) is 0 Å². The number of anilines is 2. The molecule has 1 atom stereocenters. The smallest absolute Gasteiger partial charge is 0.248 e. The third-order valence-corrected chi connectivity index (χ3v) is 6.31. The summed E-state index contributed by atoms with van der Waals surface area (Å²) >= 11 is 6.12. The summed E-state index contributed by atoms with van der Waals surface area (Å²) in [5, 5.41) is 3.40. The van der Waals surface area contributed by atoms with Crippen LogP contribution >= 0.6 is 11.6 Å². The predicted molar refractivity (Wildman–Crippen MR) is 121 cm³/mol. The summed E-state index contributed by atoms with van der Waals surface area (Å²) in [4.78, 5) is 13.3. The molecule has 2 rings (SSSR count). The molecule has 2 aromatic carbocycles. The number of nitrogens with zero attached hydrogens (tertiary/aromatic N) is 1. The molecular weight excluding hydrogens is 408 g/mol. The van der Waals surface area contributed by atoms with Gasteiger partial charge in [-0.05, 0) is 55.0 Å². The summed E-state index contributed by atoms with van der Waals surface area (Å²) in [6, 6.07) is 9.99. The van der Waals surface area contributed by atoms with E-state index in [0.717, 1.165) is 28.6 Å². The monoisotopic (exact) mass is 436 g/mol. The fraction of sp³-hybridized carbons (Fsp3) is 0.409. The number of amides is 1. The Morgan fingerprint density at radius 1 is 1.14 bits per heavy atom. The van der Waals surface area contributed by atoms with Gasteiger partial charge in [0.05, 0.1) is 11.9 Å². The summed E-state index contributed by atoms with van der Waals surface area (Å²) in [5.74, 6) is -0.153. The number of hydrogen-bond acceptors (Lipinski definition) is 3. The highest BCUT2D eigenvalue weighted by Gasteiger charge is 2.33. The molecule has 0 unspecified atom stereocenters. The first kappa shape index (κ1) is 23.2. The van der Waals surface area contributed by atoms with Crippen molar-refractivity contribution in [2.75, 3.05) is 15.9 Å². The van der Waals surface area contributed by atoms with Crippen LogP contribution in [0.5, 0.6) is 0 Å². The largest absolute Gasteiger partial charge is 0.324 e. The highest BCUT2D eigenvalue weighted by Crippen LogP contribution is 2.31. The summed E-state index contributed by atoms with van der Waals surface area (Å²) in [7, 11) is -3.73. The third-order valence-electron chi connectivity index (χ3n) is 4.91. The highest BCUT2D eigenvalue weighted by atomic mass is 35.5. The van der Waals surface area contributed by atoms with E-state index in [-0.39, 0.29) is 11.8 Å². The van der Waals surface area contributed by atoms with E-state index in [4.69, 9.17) is 11.6 Å². The number of aryl methyl sites for hydroxylation is 2. The molecule has 0 aliphatic rings. The summed E-state index contributed by atoms with van der Waals surface area (Å²) in [6.45, 7) is 9.63. The van der Waals surface area contributed by atoms with Crippen LogP contribution in [0.15, 0.2) is 36.4 Å². The maximum Gasteiger partial charge on any atom is 0.248 e. The maximum atomic E-state index is 13.3. The van der Waals surface area contributed by atoms with Crippen molar-refractivity contribution >= 4 is 38.9 Å². The van der Waals surface area contributed by atoms with Crippen molar-refractivity contribution in [1.29, 1.82) is 0 Å². The van der Waals surface area contributed by atoms with Crippen molar-refractivity contribution in [3.63, 3.8) is 0 Å². The molecule has 0 aliphatic carbocycles. The zero-order chi connectivity index (χ0) is 21.9. The van der Waals surface area contributed by atoms with Crippen molar-refractivity contribution in [2.24, 2.45) is 0 Å². The second-order valence-corrected chi connectivity index (χ2v) is 9.89. The predicted octanol–water partition coefficient (Wildman–Crippen LogP) is 5.26. The minimum absolute atomic E-state index is 0.214. The van der Waals surface area contributed by atoms with Crippen LogP contribution in [0, 0.1) is 13.8 Å².